The molecule has 0 atom stereocenters. The number of rotatable bonds is 11. The second kappa shape index (κ2) is 14.1. The van der Waals surface area contributed by atoms with Gasteiger partial charge in [0.25, 0.3) is 11.8 Å². The minimum Gasteiger partial charge on any atom is -0.497 e. The van der Waals surface area contributed by atoms with Gasteiger partial charge in [-0.15, -0.1) is 0 Å². The minimum atomic E-state index is -0.525. The van der Waals surface area contributed by atoms with E-state index in [-0.39, 0.29) is 11.5 Å². The summed E-state index contributed by atoms with van der Waals surface area (Å²) in [7, 11) is 4.67. The van der Waals surface area contributed by atoms with Crippen LogP contribution in [0.3, 0.4) is 0 Å². The van der Waals surface area contributed by atoms with E-state index < -0.39 is 11.8 Å². The first-order chi connectivity index (χ1) is 20.4. The zero-order valence-electron chi connectivity index (χ0n) is 23.4. The smallest absolute Gasteiger partial charge is 0.272 e. The third-order valence-electron chi connectivity index (χ3n) is 6.22. The maximum Gasteiger partial charge on any atom is 0.272 e. The molecule has 0 spiro atoms. The van der Waals surface area contributed by atoms with E-state index in [0.717, 1.165) is 5.56 Å². The number of hydrogen-bond donors (Lipinski definition) is 2. The van der Waals surface area contributed by atoms with E-state index in [9.17, 15) is 14.4 Å². The van der Waals surface area contributed by atoms with Crippen LogP contribution in [0.5, 0.6) is 17.2 Å². The summed E-state index contributed by atoms with van der Waals surface area (Å²) >= 11 is 0. The lowest BCUT2D eigenvalue weighted by molar-refractivity contribution is -0.113. The fourth-order valence-electron chi connectivity index (χ4n) is 3.95. The number of ether oxygens (including phenoxy) is 3. The van der Waals surface area contributed by atoms with Gasteiger partial charge in [0.15, 0.2) is 17.3 Å². The van der Waals surface area contributed by atoms with Crippen molar-refractivity contribution in [2.75, 3.05) is 26.6 Å². The summed E-state index contributed by atoms with van der Waals surface area (Å²) < 4.78 is 15.7. The number of carbonyl (C=O) groups is 3. The van der Waals surface area contributed by atoms with Crippen LogP contribution in [-0.4, -0.2) is 38.9 Å². The standard InChI is InChI=1S/C34H30N2O6/c1-40-28-17-9-23(10-18-28)21-29(36-33(38)26-7-5-4-6-8-26)34(39)35-27-15-13-25(14-16-27)30(37)19-11-24-12-20-31(41-2)32(22-24)42-3/h4-22H,1-3H3,(H,35,39)(H,36,38)/b19-11+,29-21-. The molecule has 0 aliphatic rings. The third kappa shape index (κ3) is 7.73. The van der Waals surface area contributed by atoms with Gasteiger partial charge in [-0.25, -0.2) is 0 Å². The zero-order chi connectivity index (χ0) is 29.9. The fraction of sp³-hybridized carbons (Fsp3) is 0.0882. The second-order valence-electron chi connectivity index (χ2n) is 8.99. The molecule has 4 rings (SSSR count). The van der Waals surface area contributed by atoms with Crippen molar-refractivity contribution in [2.45, 2.75) is 0 Å². The van der Waals surface area contributed by atoms with E-state index in [0.29, 0.717) is 39.6 Å². The van der Waals surface area contributed by atoms with Crippen LogP contribution < -0.4 is 24.8 Å². The SMILES string of the molecule is COc1ccc(/C=C(\NC(=O)c2ccccc2)C(=O)Nc2ccc(C(=O)/C=C/c3ccc(OC)c(OC)c3)cc2)cc1. The van der Waals surface area contributed by atoms with Crippen molar-refractivity contribution in [1.82, 2.24) is 5.32 Å². The average molecular weight is 563 g/mol. The van der Waals surface area contributed by atoms with Crippen molar-refractivity contribution in [3.63, 3.8) is 0 Å². The van der Waals surface area contributed by atoms with Gasteiger partial charge in [-0.2, -0.15) is 0 Å². The van der Waals surface area contributed by atoms with Gasteiger partial charge in [-0.1, -0.05) is 42.5 Å². The number of amides is 2. The van der Waals surface area contributed by atoms with Crippen LogP contribution >= 0.6 is 0 Å². The maximum absolute atomic E-state index is 13.3. The first-order valence-electron chi connectivity index (χ1n) is 13.0. The van der Waals surface area contributed by atoms with Crippen LogP contribution in [0.15, 0.2) is 109 Å². The molecule has 0 heterocycles. The molecule has 0 fully saturated rings. The molecule has 0 aliphatic heterocycles. The second-order valence-corrected chi connectivity index (χ2v) is 8.99. The lowest BCUT2D eigenvalue weighted by atomic mass is 10.1. The highest BCUT2D eigenvalue weighted by Crippen LogP contribution is 2.28. The number of allylic oxidation sites excluding steroid dienone is 1. The molecule has 0 unspecified atom stereocenters. The molecular weight excluding hydrogens is 532 g/mol. The molecule has 0 saturated carbocycles. The highest BCUT2D eigenvalue weighted by Gasteiger charge is 2.15. The molecule has 4 aromatic carbocycles. The molecule has 42 heavy (non-hydrogen) atoms. The van der Waals surface area contributed by atoms with E-state index in [4.69, 9.17) is 14.2 Å². The van der Waals surface area contributed by atoms with Crippen LogP contribution in [0.4, 0.5) is 5.69 Å². The lowest BCUT2D eigenvalue weighted by Gasteiger charge is -2.12. The van der Waals surface area contributed by atoms with Gasteiger partial charge < -0.3 is 24.8 Å². The number of carbonyl (C=O) groups excluding carboxylic acids is 3. The van der Waals surface area contributed by atoms with Gasteiger partial charge >= 0.3 is 0 Å². The molecule has 0 aromatic heterocycles. The molecule has 0 bridgehead atoms. The first kappa shape index (κ1) is 29.4. The number of nitrogens with one attached hydrogen (secondary N) is 2. The van der Waals surface area contributed by atoms with Crippen LogP contribution in [-0.2, 0) is 4.79 Å². The van der Waals surface area contributed by atoms with Gasteiger partial charge in [0, 0.05) is 16.8 Å². The first-order valence-corrected chi connectivity index (χ1v) is 13.0. The van der Waals surface area contributed by atoms with Gasteiger partial charge in [-0.05, 0) is 83.9 Å². The van der Waals surface area contributed by atoms with E-state index >= 15 is 0 Å². The molecular formula is C34H30N2O6. The van der Waals surface area contributed by atoms with Crippen LogP contribution in [0.2, 0.25) is 0 Å². The largest absolute Gasteiger partial charge is 0.497 e. The quantitative estimate of drug-likeness (QED) is 0.171. The molecule has 212 valence electrons. The molecule has 2 amide bonds. The van der Waals surface area contributed by atoms with Gasteiger partial charge in [0.2, 0.25) is 0 Å². The molecule has 0 saturated heterocycles. The van der Waals surface area contributed by atoms with E-state index in [1.54, 1.807) is 124 Å². The molecule has 8 heteroatoms. The van der Waals surface area contributed by atoms with Crippen molar-refractivity contribution in [3.05, 3.63) is 131 Å². The summed E-state index contributed by atoms with van der Waals surface area (Å²) in [5, 5.41) is 5.49. The minimum absolute atomic E-state index is 0.0482. The predicted octanol–water partition coefficient (Wildman–Crippen LogP) is 6.02. The average Bonchev–Trinajstić information content (AvgIpc) is 3.04. The number of benzene rings is 4. The number of anilines is 1. The predicted molar refractivity (Wildman–Crippen MR) is 163 cm³/mol. The van der Waals surface area contributed by atoms with Crippen molar-refractivity contribution in [2.24, 2.45) is 0 Å². The molecule has 0 aliphatic carbocycles. The van der Waals surface area contributed by atoms with Crippen LogP contribution in [0.25, 0.3) is 12.2 Å². The summed E-state index contributed by atoms with van der Waals surface area (Å²) in [4.78, 5) is 38.9. The van der Waals surface area contributed by atoms with E-state index in [1.807, 2.05) is 6.07 Å². The summed E-state index contributed by atoms with van der Waals surface area (Å²) in [5.74, 6) is 0.667. The Labute approximate surface area is 244 Å². The summed E-state index contributed by atoms with van der Waals surface area (Å²) in [5.41, 5.74) is 2.82. The maximum atomic E-state index is 13.3. The summed E-state index contributed by atoms with van der Waals surface area (Å²) in [6, 6.07) is 27.5. The van der Waals surface area contributed by atoms with Crippen molar-refractivity contribution in [1.29, 1.82) is 0 Å². The lowest BCUT2D eigenvalue weighted by Crippen LogP contribution is -2.30. The summed E-state index contributed by atoms with van der Waals surface area (Å²) in [6.45, 7) is 0. The number of methoxy groups -OCH3 is 3. The van der Waals surface area contributed by atoms with Crippen molar-refractivity contribution < 1.29 is 28.6 Å². The van der Waals surface area contributed by atoms with Crippen LogP contribution in [0, 0.1) is 0 Å². The Morgan fingerprint density at radius 2 is 1.33 bits per heavy atom. The Hall–Kier alpha value is -5.63. The van der Waals surface area contributed by atoms with Crippen LogP contribution in [0.1, 0.15) is 31.8 Å². The van der Waals surface area contributed by atoms with Gasteiger partial charge in [0.1, 0.15) is 11.4 Å². The number of hydrogen-bond acceptors (Lipinski definition) is 6. The molecule has 4 aromatic rings. The number of ketones is 1. The topological polar surface area (TPSA) is 103 Å². The van der Waals surface area contributed by atoms with Crippen molar-refractivity contribution in [3.8, 4) is 17.2 Å². The molecule has 0 radical (unpaired) electrons. The zero-order valence-corrected chi connectivity index (χ0v) is 23.4. The monoisotopic (exact) mass is 562 g/mol. The Morgan fingerprint density at radius 1 is 0.667 bits per heavy atom. The Bertz CT molecular complexity index is 1610. The highest BCUT2D eigenvalue weighted by molar-refractivity contribution is 6.11. The Kier molecular flexibility index (Phi) is 9.88. The van der Waals surface area contributed by atoms with Gasteiger partial charge in [0.05, 0.1) is 21.3 Å². The Morgan fingerprint density at radius 3 is 1.98 bits per heavy atom. The van der Waals surface area contributed by atoms with E-state index in [2.05, 4.69) is 10.6 Å². The summed E-state index contributed by atoms with van der Waals surface area (Å²) in [6.07, 6.45) is 4.72. The fourth-order valence-corrected chi connectivity index (χ4v) is 3.95. The third-order valence-corrected chi connectivity index (χ3v) is 6.22. The molecule has 8 nitrogen and oxygen atoms in total. The van der Waals surface area contributed by atoms with E-state index in [1.165, 1.54) is 6.08 Å². The van der Waals surface area contributed by atoms with Crippen molar-refractivity contribution >= 4 is 35.4 Å². The van der Waals surface area contributed by atoms with Gasteiger partial charge in [-0.3, -0.25) is 14.4 Å². The Balaban J connectivity index is 1.48. The normalized spacial score (nSPS) is 11.1. The highest BCUT2D eigenvalue weighted by atomic mass is 16.5. The molecule has 2 N–H and O–H groups in total.